The molecule has 0 aromatic carbocycles. The molecule has 1 amide bonds. The summed E-state index contributed by atoms with van der Waals surface area (Å²) in [4.78, 5) is 19.3. The molecule has 1 fully saturated rings. The van der Waals surface area contributed by atoms with Gasteiger partial charge in [0.15, 0.2) is 0 Å². The first kappa shape index (κ1) is 26.3. The fourth-order valence-corrected chi connectivity index (χ4v) is 4.77. The molecule has 0 aliphatic carbocycles. The van der Waals surface area contributed by atoms with Crippen molar-refractivity contribution in [3.05, 3.63) is 34.9 Å². The van der Waals surface area contributed by atoms with Crippen LogP contribution in [0.5, 0.6) is 0 Å². The number of halogens is 2. The van der Waals surface area contributed by atoms with Crippen LogP contribution in [0.15, 0.2) is 45.1 Å². The Morgan fingerprint density at radius 1 is 1.38 bits per heavy atom. The summed E-state index contributed by atoms with van der Waals surface area (Å²) in [5, 5.41) is 8.17. The highest BCUT2D eigenvalue weighted by Crippen LogP contribution is 2.33. The highest BCUT2D eigenvalue weighted by Gasteiger charge is 2.37. The van der Waals surface area contributed by atoms with E-state index in [9.17, 15) is 13.7 Å². The Bertz CT molecular complexity index is 776. The van der Waals surface area contributed by atoms with Crippen molar-refractivity contribution >= 4 is 29.2 Å². The lowest BCUT2D eigenvalue weighted by Gasteiger charge is -2.31. The van der Waals surface area contributed by atoms with Crippen LogP contribution >= 0.6 is 11.8 Å². The van der Waals surface area contributed by atoms with E-state index in [1.807, 2.05) is 18.4 Å². The molecule has 0 aromatic heterocycles. The molecule has 0 aromatic rings. The lowest BCUT2D eigenvalue weighted by Crippen LogP contribution is -2.41. The van der Waals surface area contributed by atoms with Gasteiger partial charge in [-0.15, -0.1) is 11.8 Å². The highest BCUT2D eigenvalue weighted by molar-refractivity contribution is 8.03. The highest BCUT2D eigenvalue weighted by atomic mass is 32.2. The first-order chi connectivity index (χ1) is 15.5. The van der Waals surface area contributed by atoms with Crippen molar-refractivity contribution in [1.29, 1.82) is 0 Å². The fourth-order valence-electron chi connectivity index (χ4n) is 4.05. The molecular formula is C24H36F2N4OS. The Morgan fingerprint density at radius 3 is 2.84 bits per heavy atom. The number of fused-ring (bicyclic) bond motifs is 1. The second-order valence-corrected chi connectivity index (χ2v) is 9.37. The summed E-state index contributed by atoms with van der Waals surface area (Å²) >= 11 is 1.66. The molecule has 1 N–H and O–H groups in total. The Hall–Kier alpha value is -1.96. The summed E-state index contributed by atoms with van der Waals surface area (Å²) in [5.74, 6) is 0.968. The summed E-state index contributed by atoms with van der Waals surface area (Å²) in [5.41, 5.74) is 1.67. The van der Waals surface area contributed by atoms with Crippen molar-refractivity contribution in [3.8, 4) is 0 Å². The number of carbonyl (C=O) groups is 1. The van der Waals surface area contributed by atoms with E-state index in [0.29, 0.717) is 31.5 Å². The van der Waals surface area contributed by atoms with E-state index in [1.165, 1.54) is 25.0 Å². The first-order valence-electron chi connectivity index (χ1n) is 11.6. The normalized spacial score (nSPS) is 20.3. The monoisotopic (exact) mass is 466 g/mol. The number of unbranched alkanes of at least 4 members (excludes halogenated alkanes) is 4. The maximum Gasteiger partial charge on any atom is 0.220 e. The molecule has 0 radical (unpaired) electrons. The third-order valence-corrected chi connectivity index (χ3v) is 6.66. The minimum absolute atomic E-state index is 0.0556. The third-order valence-electron chi connectivity index (χ3n) is 5.61. The van der Waals surface area contributed by atoms with Gasteiger partial charge in [0.1, 0.15) is 18.2 Å². The van der Waals surface area contributed by atoms with Gasteiger partial charge in [0.2, 0.25) is 5.91 Å². The van der Waals surface area contributed by atoms with Crippen molar-refractivity contribution in [2.24, 2.45) is 10.2 Å². The van der Waals surface area contributed by atoms with Crippen LogP contribution in [0.1, 0.15) is 65.7 Å². The van der Waals surface area contributed by atoms with E-state index in [1.54, 1.807) is 11.8 Å². The molecule has 2 aliphatic heterocycles. The second kappa shape index (κ2) is 14.2. The smallest absolute Gasteiger partial charge is 0.220 e. The molecule has 5 nitrogen and oxygen atoms in total. The van der Waals surface area contributed by atoms with Gasteiger partial charge < -0.3 is 10.2 Å². The van der Waals surface area contributed by atoms with Crippen LogP contribution in [0.4, 0.5) is 8.87 Å². The van der Waals surface area contributed by atoms with Gasteiger partial charge in [0.05, 0.1) is 17.8 Å². The molecule has 2 atom stereocenters. The van der Waals surface area contributed by atoms with Crippen LogP contribution in [0.2, 0.25) is 0 Å². The number of allylic oxidation sites excluding steroid dienone is 3. The number of amides is 1. The van der Waals surface area contributed by atoms with Gasteiger partial charge in [0, 0.05) is 30.7 Å². The quantitative estimate of drug-likeness (QED) is 0.279. The largest absolute Gasteiger partial charge is 0.351 e. The predicted molar refractivity (Wildman–Crippen MR) is 131 cm³/mol. The van der Waals surface area contributed by atoms with Gasteiger partial charge in [-0.1, -0.05) is 54.5 Å². The number of nitrogens with one attached hydrogen (secondary N) is 1. The topological polar surface area (TPSA) is 57.1 Å². The van der Waals surface area contributed by atoms with Crippen LogP contribution in [0.3, 0.4) is 0 Å². The molecule has 1 saturated heterocycles. The molecule has 2 aliphatic rings. The number of aliphatic imine (C=N–C) groups is 1. The van der Waals surface area contributed by atoms with Gasteiger partial charge in [-0.2, -0.15) is 0 Å². The molecule has 8 heteroatoms. The standard InChI is InChI=1S/C24H36F2N4OS/c1-4-6-7-8-9-12-23(31)28-19-15-22-20(21(29-26)11-10-13-25)16-27-24(30(22)17-19)18(3)32-14-5-2/h5,10-11,14,18-19H,4,6-9,12-13,15-17H2,1-3H3,(H,28,31)/b11-10-,14-5-,29-21+. The SMILES string of the molecule is C/C=C\SC(C)C1=NCC(C(/C=C\CF)=N/F)=C2CC(NC(=O)CCCCCCC)CN12. The molecule has 32 heavy (non-hydrogen) atoms. The maximum absolute atomic E-state index is 13.4. The Labute approximate surface area is 195 Å². The number of hydrogen-bond donors (Lipinski definition) is 1. The molecular weight excluding hydrogens is 430 g/mol. The third kappa shape index (κ3) is 7.57. The number of hydrogen-bond acceptors (Lipinski definition) is 5. The molecule has 0 saturated carbocycles. The summed E-state index contributed by atoms with van der Waals surface area (Å²) in [6, 6.07) is -0.0728. The van der Waals surface area contributed by atoms with Gasteiger partial charge in [-0.3, -0.25) is 9.79 Å². The van der Waals surface area contributed by atoms with Crippen molar-refractivity contribution in [3.63, 3.8) is 0 Å². The van der Waals surface area contributed by atoms with Gasteiger partial charge in [-0.05, 0) is 31.8 Å². The Morgan fingerprint density at radius 2 is 2.16 bits per heavy atom. The van der Waals surface area contributed by atoms with Crippen LogP contribution in [0, 0.1) is 0 Å². The minimum atomic E-state index is -0.687. The summed E-state index contributed by atoms with van der Waals surface area (Å²) in [7, 11) is 0. The first-order valence-corrected chi connectivity index (χ1v) is 12.5. The zero-order valence-corrected chi connectivity index (χ0v) is 20.3. The summed E-state index contributed by atoms with van der Waals surface area (Å²) < 4.78 is 26.0. The van der Waals surface area contributed by atoms with Crippen LogP contribution < -0.4 is 5.32 Å². The minimum Gasteiger partial charge on any atom is -0.351 e. The molecule has 2 rings (SSSR count). The average molecular weight is 467 g/mol. The Balaban J connectivity index is 2.14. The van der Waals surface area contributed by atoms with Gasteiger partial charge in [-0.25, -0.2) is 4.39 Å². The van der Waals surface area contributed by atoms with E-state index in [0.717, 1.165) is 30.8 Å². The summed E-state index contributed by atoms with van der Waals surface area (Å²) in [6.45, 7) is 6.42. The number of nitrogens with zero attached hydrogens (tertiary/aromatic N) is 3. The fraction of sp³-hybridized carbons (Fsp3) is 0.625. The van der Waals surface area contributed by atoms with Gasteiger partial charge >= 0.3 is 0 Å². The van der Waals surface area contributed by atoms with E-state index in [2.05, 4.69) is 29.3 Å². The van der Waals surface area contributed by atoms with E-state index in [4.69, 9.17) is 4.99 Å². The van der Waals surface area contributed by atoms with Crippen molar-refractivity contribution in [1.82, 2.24) is 10.2 Å². The lowest BCUT2D eigenvalue weighted by molar-refractivity contribution is -0.121. The molecule has 178 valence electrons. The zero-order valence-electron chi connectivity index (χ0n) is 19.4. The van der Waals surface area contributed by atoms with Crippen LogP contribution in [-0.4, -0.2) is 53.4 Å². The molecule has 0 spiro atoms. The molecule has 2 heterocycles. The Kier molecular flexibility index (Phi) is 11.7. The lowest BCUT2D eigenvalue weighted by atomic mass is 10.0. The van der Waals surface area contributed by atoms with E-state index < -0.39 is 6.67 Å². The summed E-state index contributed by atoms with van der Waals surface area (Å²) in [6.07, 6.45) is 11.2. The number of rotatable bonds is 13. The van der Waals surface area contributed by atoms with Crippen molar-refractivity contribution in [2.75, 3.05) is 19.8 Å². The van der Waals surface area contributed by atoms with Crippen LogP contribution in [-0.2, 0) is 4.79 Å². The average Bonchev–Trinajstić information content (AvgIpc) is 3.21. The van der Waals surface area contributed by atoms with Crippen molar-refractivity contribution < 1.29 is 13.7 Å². The molecule has 2 unspecified atom stereocenters. The predicted octanol–water partition coefficient (Wildman–Crippen LogP) is 5.71. The van der Waals surface area contributed by atoms with Gasteiger partial charge in [0.25, 0.3) is 0 Å². The number of alkyl halides is 1. The van der Waals surface area contributed by atoms with E-state index >= 15 is 0 Å². The second-order valence-electron chi connectivity index (χ2n) is 8.12. The maximum atomic E-state index is 13.4. The molecule has 0 bridgehead atoms. The van der Waals surface area contributed by atoms with Crippen LogP contribution in [0.25, 0.3) is 0 Å². The van der Waals surface area contributed by atoms with Crippen molar-refractivity contribution in [2.45, 2.75) is 77.0 Å². The number of thioether (sulfide) groups is 1. The number of carbonyl (C=O) groups excluding carboxylic acids is 1. The number of amidine groups is 1. The zero-order chi connectivity index (χ0) is 23.3. The van der Waals surface area contributed by atoms with E-state index in [-0.39, 0.29) is 22.9 Å².